The van der Waals surface area contributed by atoms with Crippen molar-refractivity contribution < 1.29 is 23.5 Å². The molecule has 0 atom stereocenters. The molecule has 0 radical (unpaired) electrons. The lowest BCUT2D eigenvalue weighted by Crippen LogP contribution is -2.63. The van der Waals surface area contributed by atoms with Gasteiger partial charge in [-0.3, -0.25) is 14.4 Å². The standard InChI is InChI=1S/C21H25FN4O4/c1-12-7-13(5-6-14(12)22)17-16(18(23)27)15-8-25(19(28)30-20(2,3)4)9-21(10-29-11-21)26(15)24-17/h5-7H,8-11H2,1-4H3,(H2,23,27). The van der Waals surface area contributed by atoms with Crippen LogP contribution in [0.5, 0.6) is 0 Å². The minimum Gasteiger partial charge on any atom is -0.444 e. The van der Waals surface area contributed by atoms with Gasteiger partial charge in [-0.2, -0.15) is 5.10 Å². The number of halogens is 1. The van der Waals surface area contributed by atoms with Crippen LogP contribution in [0.25, 0.3) is 11.3 Å². The smallest absolute Gasteiger partial charge is 0.410 e. The molecule has 3 heterocycles. The van der Waals surface area contributed by atoms with E-state index in [-0.39, 0.29) is 17.9 Å². The molecule has 1 fully saturated rings. The molecule has 2 aliphatic rings. The topological polar surface area (TPSA) is 99.7 Å². The highest BCUT2D eigenvalue weighted by Crippen LogP contribution is 2.38. The van der Waals surface area contributed by atoms with Gasteiger partial charge in [0.25, 0.3) is 5.91 Å². The first-order valence-corrected chi connectivity index (χ1v) is 9.75. The van der Waals surface area contributed by atoms with Gasteiger partial charge < -0.3 is 15.2 Å². The quantitative estimate of drug-likeness (QED) is 0.811. The number of aryl methyl sites for hydroxylation is 1. The lowest BCUT2D eigenvalue weighted by Gasteiger charge is -2.48. The number of ether oxygens (including phenoxy) is 2. The SMILES string of the molecule is Cc1cc(-c2nn3c(c2C(N)=O)CN(C(=O)OC(C)(C)C)CC32COC2)ccc1F. The number of nitrogens with two attached hydrogens (primary N) is 1. The highest BCUT2D eigenvalue weighted by molar-refractivity contribution is 6.00. The van der Waals surface area contributed by atoms with Crippen LogP contribution in [0, 0.1) is 12.7 Å². The molecule has 9 heteroatoms. The molecule has 0 aliphatic carbocycles. The number of nitrogens with zero attached hydrogens (tertiary/aromatic N) is 3. The zero-order valence-electron chi connectivity index (χ0n) is 17.5. The van der Waals surface area contributed by atoms with E-state index in [9.17, 15) is 14.0 Å². The predicted octanol–water partition coefficient (Wildman–Crippen LogP) is 2.57. The molecule has 30 heavy (non-hydrogen) atoms. The zero-order valence-corrected chi connectivity index (χ0v) is 17.5. The fourth-order valence-electron chi connectivity index (χ4n) is 3.91. The first-order valence-electron chi connectivity index (χ1n) is 9.75. The summed E-state index contributed by atoms with van der Waals surface area (Å²) in [4.78, 5) is 26.8. The molecule has 160 valence electrons. The zero-order chi connectivity index (χ0) is 21.8. The van der Waals surface area contributed by atoms with Crippen LogP contribution in [0.3, 0.4) is 0 Å². The van der Waals surface area contributed by atoms with Crippen LogP contribution in [-0.2, 0) is 21.6 Å². The average molecular weight is 416 g/mol. The number of amides is 2. The minimum atomic E-state index is -0.658. The molecule has 0 unspecified atom stereocenters. The van der Waals surface area contributed by atoms with Crippen molar-refractivity contribution in [3.63, 3.8) is 0 Å². The van der Waals surface area contributed by atoms with Gasteiger partial charge in [0.05, 0.1) is 37.6 Å². The number of aromatic nitrogens is 2. The number of benzene rings is 1. The maximum Gasteiger partial charge on any atom is 0.410 e. The van der Waals surface area contributed by atoms with E-state index in [0.29, 0.717) is 42.3 Å². The lowest BCUT2D eigenvalue weighted by atomic mass is 9.93. The summed E-state index contributed by atoms with van der Waals surface area (Å²) in [5.74, 6) is -1.00. The molecule has 2 aromatic rings. The molecule has 1 aromatic heterocycles. The van der Waals surface area contributed by atoms with Gasteiger partial charge in [0, 0.05) is 5.56 Å². The monoisotopic (exact) mass is 416 g/mol. The molecule has 2 N–H and O–H groups in total. The van der Waals surface area contributed by atoms with Gasteiger partial charge in [0.15, 0.2) is 0 Å². The Hall–Kier alpha value is -2.94. The Morgan fingerprint density at radius 3 is 2.53 bits per heavy atom. The van der Waals surface area contributed by atoms with Gasteiger partial charge in [-0.15, -0.1) is 0 Å². The molecule has 2 amide bonds. The summed E-state index contributed by atoms with van der Waals surface area (Å²) in [6, 6.07) is 4.54. The largest absolute Gasteiger partial charge is 0.444 e. The summed E-state index contributed by atoms with van der Waals surface area (Å²) in [6.07, 6.45) is -0.476. The molecule has 1 spiro atoms. The van der Waals surface area contributed by atoms with Crippen LogP contribution in [0.4, 0.5) is 9.18 Å². The molecule has 8 nitrogen and oxygen atoms in total. The Bertz CT molecular complexity index is 1040. The van der Waals surface area contributed by atoms with E-state index in [0.717, 1.165) is 0 Å². The number of hydrogen-bond acceptors (Lipinski definition) is 5. The van der Waals surface area contributed by atoms with Crippen LogP contribution in [0.2, 0.25) is 0 Å². The summed E-state index contributed by atoms with van der Waals surface area (Å²) in [5.41, 5.74) is 6.63. The van der Waals surface area contributed by atoms with Crippen LogP contribution >= 0.6 is 0 Å². The summed E-state index contributed by atoms with van der Waals surface area (Å²) < 4.78 is 26.5. The van der Waals surface area contributed by atoms with Gasteiger partial charge in [-0.05, 0) is 51.5 Å². The summed E-state index contributed by atoms with van der Waals surface area (Å²) >= 11 is 0. The number of primary amides is 1. The molecule has 1 saturated heterocycles. The maximum atomic E-state index is 13.8. The normalized spacial score (nSPS) is 17.4. The van der Waals surface area contributed by atoms with Crippen molar-refractivity contribution in [1.29, 1.82) is 0 Å². The van der Waals surface area contributed by atoms with Crippen LogP contribution in [0.15, 0.2) is 18.2 Å². The van der Waals surface area contributed by atoms with Crippen molar-refractivity contribution in [2.45, 2.75) is 45.4 Å². The van der Waals surface area contributed by atoms with Crippen molar-refractivity contribution >= 4 is 12.0 Å². The fourth-order valence-corrected chi connectivity index (χ4v) is 3.91. The van der Waals surface area contributed by atoms with Crippen LogP contribution in [0.1, 0.15) is 42.4 Å². The Labute approximate surface area is 173 Å². The van der Waals surface area contributed by atoms with Crippen molar-refractivity contribution in [1.82, 2.24) is 14.7 Å². The second-order valence-corrected chi connectivity index (χ2v) is 8.96. The Kier molecular flexibility index (Phi) is 4.61. The van der Waals surface area contributed by atoms with Gasteiger partial charge in [-0.25, -0.2) is 9.18 Å². The Morgan fingerprint density at radius 2 is 2.00 bits per heavy atom. The first kappa shape index (κ1) is 20.3. The number of hydrogen-bond donors (Lipinski definition) is 1. The first-order chi connectivity index (χ1) is 14.0. The summed E-state index contributed by atoms with van der Waals surface area (Å²) in [7, 11) is 0. The molecule has 0 saturated carbocycles. The molecule has 4 rings (SSSR count). The van der Waals surface area contributed by atoms with E-state index in [2.05, 4.69) is 0 Å². The minimum absolute atomic E-state index is 0.127. The number of carbonyl (C=O) groups is 2. The molecular formula is C21H25FN4O4. The van der Waals surface area contributed by atoms with E-state index in [1.165, 1.54) is 6.07 Å². The fraction of sp³-hybridized carbons (Fsp3) is 0.476. The third-order valence-electron chi connectivity index (χ3n) is 5.33. The second kappa shape index (κ2) is 6.80. The van der Waals surface area contributed by atoms with E-state index < -0.39 is 23.1 Å². The van der Waals surface area contributed by atoms with E-state index in [1.807, 2.05) is 0 Å². The van der Waals surface area contributed by atoms with E-state index >= 15 is 0 Å². The van der Waals surface area contributed by atoms with Crippen molar-refractivity contribution in [3.05, 3.63) is 40.8 Å². The van der Waals surface area contributed by atoms with Gasteiger partial charge in [0.1, 0.15) is 22.7 Å². The summed E-state index contributed by atoms with van der Waals surface area (Å²) in [6.45, 7) is 8.20. The Balaban J connectivity index is 1.82. The van der Waals surface area contributed by atoms with Crippen molar-refractivity contribution in [3.8, 4) is 11.3 Å². The molecular weight excluding hydrogens is 391 g/mol. The van der Waals surface area contributed by atoms with E-state index in [4.69, 9.17) is 20.3 Å². The average Bonchev–Trinajstić information content (AvgIpc) is 3.00. The molecule has 2 aliphatic heterocycles. The highest BCUT2D eigenvalue weighted by atomic mass is 19.1. The van der Waals surface area contributed by atoms with Crippen LogP contribution in [-0.4, -0.2) is 52.0 Å². The van der Waals surface area contributed by atoms with Crippen molar-refractivity contribution in [2.24, 2.45) is 5.73 Å². The molecule has 0 bridgehead atoms. The highest BCUT2D eigenvalue weighted by Gasteiger charge is 2.50. The third kappa shape index (κ3) is 3.32. The van der Waals surface area contributed by atoms with Crippen molar-refractivity contribution in [2.75, 3.05) is 19.8 Å². The predicted molar refractivity (Wildman–Crippen MR) is 106 cm³/mol. The number of fused-ring (bicyclic) bond motifs is 2. The third-order valence-corrected chi connectivity index (χ3v) is 5.33. The summed E-state index contributed by atoms with van der Waals surface area (Å²) in [5, 5.41) is 4.69. The number of carbonyl (C=O) groups excluding carboxylic acids is 2. The second-order valence-electron chi connectivity index (χ2n) is 8.96. The lowest BCUT2D eigenvalue weighted by molar-refractivity contribution is -0.131. The van der Waals surface area contributed by atoms with E-state index in [1.54, 1.807) is 49.4 Å². The van der Waals surface area contributed by atoms with Gasteiger partial charge >= 0.3 is 6.09 Å². The number of rotatable bonds is 2. The Morgan fingerprint density at radius 1 is 1.30 bits per heavy atom. The van der Waals surface area contributed by atoms with Crippen LogP contribution < -0.4 is 5.73 Å². The molecule has 1 aromatic carbocycles. The van der Waals surface area contributed by atoms with Gasteiger partial charge in [-0.1, -0.05) is 0 Å². The van der Waals surface area contributed by atoms with Gasteiger partial charge in [0.2, 0.25) is 0 Å². The maximum absolute atomic E-state index is 13.8.